The summed E-state index contributed by atoms with van der Waals surface area (Å²) in [6.07, 6.45) is 11.9. The Morgan fingerprint density at radius 1 is 1.00 bits per heavy atom. The predicted octanol–water partition coefficient (Wildman–Crippen LogP) is 6.19. The Morgan fingerprint density at radius 3 is 2.32 bits per heavy atom. The van der Waals surface area contributed by atoms with Crippen LogP contribution in [-0.4, -0.2) is 12.5 Å². The van der Waals surface area contributed by atoms with E-state index in [0.717, 1.165) is 43.2 Å². The second-order valence-corrected chi connectivity index (χ2v) is 7.43. The van der Waals surface area contributed by atoms with Gasteiger partial charge in [-0.2, -0.15) is 0 Å². The van der Waals surface area contributed by atoms with Crippen LogP contribution in [0.2, 0.25) is 0 Å². The van der Waals surface area contributed by atoms with E-state index in [1.165, 1.54) is 44.9 Å². The van der Waals surface area contributed by atoms with Gasteiger partial charge in [0.05, 0.1) is 6.61 Å². The van der Waals surface area contributed by atoms with Crippen LogP contribution in [0.3, 0.4) is 0 Å². The van der Waals surface area contributed by atoms with Crippen molar-refractivity contribution in [3.8, 4) is 5.75 Å². The van der Waals surface area contributed by atoms with E-state index >= 15 is 0 Å². The zero-order valence-electron chi connectivity index (χ0n) is 16.1. The number of unbranched alkanes of at least 4 members (excludes halogenated alkanes) is 3. The third kappa shape index (κ3) is 7.09. The number of benzene rings is 1. The van der Waals surface area contributed by atoms with Gasteiger partial charge in [-0.1, -0.05) is 46.0 Å². The van der Waals surface area contributed by atoms with Crippen molar-refractivity contribution in [1.82, 2.24) is 0 Å². The highest BCUT2D eigenvalue weighted by Crippen LogP contribution is 2.32. The molecule has 25 heavy (non-hydrogen) atoms. The number of carbonyl (C=O) groups excluding carboxylic acids is 1. The van der Waals surface area contributed by atoms with Gasteiger partial charge in [0.2, 0.25) is 5.91 Å². The van der Waals surface area contributed by atoms with Gasteiger partial charge < -0.3 is 10.1 Å². The number of hydrogen-bond donors (Lipinski definition) is 1. The summed E-state index contributed by atoms with van der Waals surface area (Å²) in [6.45, 7) is 5.20. The molecule has 1 amide bonds. The normalized spacial score (nSPS) is 20.2. The summed E-state index contributed by atoms with van der Waals surface area (Å²) < 4.78 is 5.72. The number of carbonyl (C=O) groups is 1. The SMILES string of the molecule is CCCCCOc1ccc(NC(=O)C2CCC(CCCC)CC2)cc1. The fourth-order valence-electron chi connectivity index (χ4n) is 3.63. The Labute approximate surface area is 153 Å². The maximum absolute atomic E-state index is 12.5. The molecule has 1 aliphatic rings. The van der Waals surface area contributed by atoms with Crippen molar-refractivity contribution >= 4 is 11.6 Å². The lowest BCUT2D eigenvalue weighted by atomic mass is 9.79. The van der Waals surface area contributed by atoms with Gasteiger partial charge >= 0.3 is 0 Å². The largest absolute Gasteiger partial charge is 0.494 e. The van der Waals surface area contributed by atoms with E-state index in [4.69, 9.17) is 4.74 Å². The summed E-state index contributed by atoms with van der Waals surface area (Å²) in [5.74, 6) is 2.09. The van der Waals surface area contributed by atoms with Gasteiger partial charge in [0.1, 0.15) is 5.75 Å². The highest BCUT2D eigenvalue weighted by atomic mass is 16.5. The number of amides is 1. The minimum atomic E-state index is 0.183. The average Bonchev–Trinajstić information content (AvgIpc) is 2.65. The Bertz CT molecular complexity index is 489. The monoisotopic (exact) mass is 345 g/mol. The molecular formula is C22H35NO2. The molecule has 1 aliphatic carbocycles. The molecule has 0 aliphatic heterocycles. The van der Waals surface area contributed by atoms with Crippen molar-refractivity contribution in [3.63, 3.8) is 0 Å². The third-order valence-electron chi connectivity index (χ3n) is 5.32. The van der Waals surface area contributed by atoms with Crippen LogP contribution in [0.15, 0.2) is 24.3 Å². The molecule has 1 N–H and O–H groups in total. The highest BCUT2D eigenvalue weighted by molar-refractivity contribution is 5.92. The molecule has 0 aromatic heterocycles. The van der Waals surface area contributed by atoms with Crippen LogP contribution in [0.25, 0.3) is 0 Å². The molecule has 140 valence electrons. The highest BCUT2D eigenvalue weighted by Gasteiger charge is 2.25. The maximum Gasteiger partial charge on any atom is 0.227 e. The number of nitrogens with one attached hydrogen (secondary N) is 1. The third-order valence-corrected chi connectivity index (χ3v) is 5.32. The Morgan fingerprint density at radius 2 is 1.68 bits per heavy atom. The molecule has 0 atom stereocenters. The van der Waals surface area contributed by atoms with Crippen molar-refractivity contribution in [2.24, 2.45) is 11.8 Å². The molecule has 2 rings (SSSR count). The van der Waals surface area contributed by atoms with Gasteiger partial charge in [-0.05, 0) is 62.3 Å². The summed E-state index contributed by atoms with van der Waals surface area (Å²) in [5, 5.41) is 3.08. The van der Waals surface area contributed by atoms with Crippen molar-refractivity contribution in [2.75, 3.05) is 11.9 Å². The van der Waals surface area contributed by atoms with Gasteiger partial charge in [0.15, 0.2) is 0 Å². The molecule has 1 aromatic carbocycles. The summed E-state index contributed by atoms with van der Waals surface area (Å²) in [5.41, 5.74) is 0.874. The number of ether oxygens (including phenoxy) is 1. The van der Waals surface area contributed by atoms with Crippen LogP contribution in [-0.2, 0) is 4.79 Å². The quantitative estimate of drug-likeness (QED) is 0.513. The zero-order chi connectivity index (χ0) is 17.9. The average molecular weight is 346 g/mol. The topological polar surface area (TPSA) is 38.3 Å². The number of anilines is 1. The second kappa shape index (κ2) is 11.2. The summed E-state index contributed by atoms with van der Waals surface area (Å²) in [6, 6.07) is 7.78. The van der Waals surface area contributed by atoms with Gasteiger partial charge in [0, 0.05) is 11.6 Å². The van der Waals surface area contributed by atoms with Crippen LogP contribution in [0.1, 0.15) is 78.1 Å². The molecular weight excluding hydrogens is 310 g/mol. The van der Waals surface area contributed by atoms with Gasteiger partial charge in [-0.3, -0.25) is 4.79 Å². The molecule has 0 unspecified atom stereocenters. The van der Waals surface area contributed by atoms with Crippen LogP contribution in [0.5, 0.6) is 5.75 Å². The first-order valence-corrected chi connectivity index (χ1v) is 10.3. The van der Waals surface area contributed by atoms with Crippen LogP contribution >= 0.6 is 0 Å². The van der Waals surface area contributed by atoms with Crippen LogP contribution < -0.4 is 10.1 Å². The van der Waals surface area contributed by atoms with E-state index in [2.05, 4.69) is 19.2 Å². The molecule has 1 fully saturated rings. The minimum absolute atomic E-state index is 0.183. The number of hydrogen-bond acceptors (Lipinski definition) is 2. The molecule has 1 saturated carbocycles. The summed E-state index contributed by atoms with van der Waals surface area (Å²) in [4.78, 5) is 12.5. The molecule has 0 bridgehead atoms. The maximum atomic E-state index is 12.5. The van der Waals surface area contributed by atoms with Crippen molar-refractivity contribution < 1.29 is 9.53 Å². The van der Waals surface area contributed by atoms with E-state index in [1.54, 1.807) is 0 Å². The first kappa shape index (κ1) is 19.8. The summed E-state index contributed by atoms with van der Waals surface area (Å²) >= 11 is 0. The second-order valence-electron chi connectivity index (χ2n) is 7.43. The first-order valence-electron chi connectivity index (χ1n) is 10.3. The molecule has 0 saturated heterocycles. The van der Waals surface area contributed by atoms with Crippen molar-refractivity contribution in [1.29, 1.82) is 0 Å². The minimum Gasteiger partial charge on any atom is -0.494 e. The van der Waals surface area contributed by atoms with E-state index in [-0.39, 0.29) is 11.8 Å². The van der Waals surface area contributed by atoms with E-state index in [0.29, 0.717) is 0 Å². The molecule has 0 heterocycles. The van der Waals surface area contributed by atoms with Crippen molar-refractivity contribution in [2.45, 2.75) is 78.1 Å². The number of rotatable bonds is 10. The van der Waals surface area contributed by atoms with Gasteiger partial charge in [-0.15, -0.1) is 0 Å². The predicted molar refractivity (Wildman–Crippen MR) is 105 cm³/mol. The Balaban J connectivity index is 1.71. The lowest BCUT2D eigenvalue weighted by molar-refractivity contribution is -0.121. The molecule has 0 spiro atoms. The lowest BCUT2D eigenvalue weighted by Crippen LogP contribution is -2.27. The van der Waals surface area contributed by atoms with Crippen LogP contribution in [0, 0.1) is 11.8 Å². The van der Waals surface area contributed by atoms with Gasteiger partial charge in [-0.25, -0.2) is 0 Å². The van der Waals surface area contributed by atoms with Crippen LogP contribution in [0.4, 0.5) is 5.69 Å². The van der Waals surface area contributed by atoms with E-state index < -0.39 is 0 Å². The van der Waals surface area contributed by atoms with Crippen molar-refractivity contribution in [3.05, 3.63) is 24.3 Å². The standard InChI is InChI=1S/C22H35NO2/c1-3-5-7-17-25-21-15-13-20(14-16-21)23-22(24)19-11-9-18(10-12-19)8-6-4-2/h13-16,18-19H,3-12,17H2,1-2H3,(H,23,24). The van der Waals surface area contributed by atoms with E-state index in [1.807, 2.05) is 24.3 Å². The molecule has 0 radical (unpaired) electrons. The fourth-order valence-corrected chi connectivity index (χ4v) is 3.63. The Hall–Kier alpha value is -1.51. The lowest BCUT2D eigenvalue weighted by Gasteiger charge is -2.27. The smallest absolute Gasteiger partial charge is 0.227 e. The van der Waals surface area contributed by atoms with E-state index in [9.17, 15) is 4.79 Å². The zero-order valence-corrected chi connectivity index (χ0v) is 16.1. The summed E-state index contributed by atoms with van der Waals surface area (Å²) in [7, 11) is 0. The Kier molecular flexibility index (Phi) is 8.85. The molecule has 1 aromatic rings. The van der Waals surface area contributed by atoms with Gasteiger partial charge in [0.25, 0.3) is 0 Å². The fraction of sp³-hybridized carbons (Fsp3) is 0.682. The first-order chi connectivity index (χ1) is 12.2. The molecule has 3 heteroatoms. The molecule has 3 nitrogen and oxygen atoms in total.